The highest BCUT2D eigenvalue weighted by molar-refractivity contribution is 7.90. The summed E-state index contributed by atoms with van der Waals surface area (Å²) in [6.45, 7) is 1.79. The van der Waals surface area contributed by atoms with Crippen molar-refractivity contribution in [1.29, 1.82) is 0 Å². The summed E-state index contributed by atoms with van der Waals surface area (Å²) < 4.78 is 26.8. The van der Waals surface area contributed by atoms with Crippen molar-refractivity contribution in [3.05, 3.63) is 46.0 Å². The predicted molar refractivity (Wildman–Crippen MR) is 77.0 cm³/mol. The monoisotopic (exact) mass is 322 g/mol. The van der Waals surface area contributed by atoms with Gasteiger partial charge in [-0.15, -0.1) is 10.2 Å². The van der Waals surface area contributed by atoms with Crippen LogP contribution in [0.15, 0.2) is 29.2 Å². The first-order chi connectivity index (χ1) is 10.4. The fourth-order valence-electron chi connectivity index (χ4n) is 2.36. The number of sulfone groups is 1. The zero-order chi connectivity index (χ0) is 15.9. The third kappa shape index (κ3) is 2.71. The van der Waals surface area contributed by atoms with Gasteiger partial charge in [0.25, 0.3) is 5.69 Å². The first-order valence-corrected chi connectivity index (χ1v) is 8.41. The molecule has 0 bridgehead atoms. The Bertz CT molecular complexity index is 839. The molecule has 116 valence electrons. The molecule has 0 amide bonds. The van der Waals surface area contributed by atoms with Crippen LogP contribution in [0.4, 0.5) is 5.69 Å². The van der Waals surface area contributed by atoms with Gasteiger partial charge in [0.2, 0.25) is 0 Å². The maximum Gasteiger partial charge on any atom is 0.270 e. The van der Waals surface area contributed by atoms with Gasteiger partial charge in [0.1, 0.15) is 17.4 Å². The van der Waals surface area contributed by atoms with E-state index in [1.54, 1.807) is 6.92 Å². The summed E-state index contributed by atoms with van der Waals surface area (Å²) in [7, 11) is -3.71. The van der Waals surface area contributed by atoms with Gasteiger partial charge in [-0.05, 0) is 25.8 Å². The highest BCUT2D eigenvalue weighted by Crippen LogP contribution is 2.37. The average Bonchev–Trinajstić information content (AvgIpc) is 3.24. The third-order valence-corrected chi connectivity index (χ3v) is 5.17. The fraction of sp³-hybridized carbons (Fsp3) is 0.385. The normalized spacial score (nSPS) is 15.0. The van der Waals surface area contributed by atoms with E-state index < -0.39 is 14.8 Å². The number of hydrogen-bond acceptors (Lipinski definition) is 6. The maximum atomic E-state index is 12.5. The highest BCUT2D eigenvalue weighted by Gasteiger charge is 2.30. The number of aryl methyl sites for hydroxylation is 1. The summed E-state index contributed by atoms with van der Waals surface area (Å²) >= 11 is 0. The SMILES string of the molecule is Cc1nnc(CS(=O)(=O)c2cccc([N+](=O)[O-])c2)n1C1CC1. The number of nitrogens with zero attached hydrogens (tertiary/aromatic N) is 4. The lowest BCUT2D eigenvalue weighted by Crippen LogP contribution is -2.11. The standard InChI is InChI=1S/C13H14N4O4S/c1-9-14-15-13(16(9)10-5-6-10)8-22(20,21)12-4-2-3-11(7-12)17(18)19/h2-4,7,10H,5-6,8H2,1H3. The molecule has 0 aliphatic heterocycles. The van der Waals surface area contributed by atoms with Crippen molar-refractivity contribution in [2.75, 3.05) is 0 Å². The van der Waals surface area contributed by atoms with Crippen LogP contribution in [0.25, 0.3) is 0 Å². The van der Waals surface area contributed by atoms with Gasteiger partial charge in [0.15, 0.2) is 9.84 Å². The van der Waals surface area contributed by atoms with Gasteiger partial charge in [-0.3, -0.25) is 10.1 Å². The number of rotatable bonds is 5. The van der Waals surface area contributed by atoms with E-state index in [0.29, 0.717) is 11.6 Å². The summed E-state index contributed by atoms with van der Waals surface area (Å²) in [5.41, 5.74) is -0.249. The lowest BCUT2D eigenvalue weighted by molar-refractivity contribution is -0.385. The molecule has 1 aliphatic rings. The zero-order valence-corrected chi connectivity index (χ0v) is 12.7. The predicted octanol–water partition coefficient (Wildman–Crippen LogP) is 1.80. The van der Waals surface area contributed by atoms with Crippen LogP contribution < -0.4 is 0 Å². The fourth-order valence-corrected chi connectivity index (χ4v) is 3.65. The molecule has 0 saturated heterocycles. The van der Waals surface area contributed by atoms with Gasteiger partial charge in [-0.2, -0.15) is 0 Å². The molecule has 0 atom stereocenters. The molecule has 9 heteroatoms. The van der Waals surface area contributed by atoms with Gasteiger partial charge in [-0.1, -0.05) is 6.07 Å². The van der Waals surface area contributed by atoms with E-state index in [2.05, 4.69) is 10.2 Å². The lowest BCUT2D eigenvalue weighted by atomic mass is 10.3. The Kier molecular flexibility index (Phi) is 3.44. The van der Waals surface area contributed by atoms with Gasteiger partial charge in [0.05, 0.1) is 9.82 Å². The van der Waals surface area contributed by atoms with Crippen molar-refractivity contribution >= 4 is 15.5 Å². The second kappa shape index (κ2) is 5.16. The van der Waals surface area contributed by atoms with E-state index in [0.717, 1.165) is 18.9 Å². The van der Waals surface area contributed by atoms with Crippen molar-refractivity contribution in [2.45, 2.75) is 36.5 Å². The van der Waals surface area contributed by atoms with Crippen molar-refractivity contribution in [3.8, 4) is 0 Å². The zero-order valence-electron chi connectivity index (χ0n) is 11.8. The number of benzene rings is 1. The molecule has 3 rings (SSSR count). The van der Waals surface area contributed by atoms with E-state index in [1.807, 2.05) is 4.57 Å². The molecule has 2 aromatic rings. The van der Waals surface area contributed by atoms with Crippen LogP contribution in [0.2, 0.25) is 0 Å². The number of non-ortho nitro benzene ring substituents is 1. The van der Waals surface area contributed by atoms with Crippen LogP contribution >= 0.6 is 0 Å². The van der Waals surface area contributed by atoms with E-state index in [-0.39, 0.29) is 22.4 Å². The van der Waals surface area contributed by atoms with Gasteiger partial charge in [-0.25, -0.2) is 8.42 Å². The maximum absolute atomic E-state index is 12.5. The molecule has 0 N–H and O–H groups in total. The smallest absolute Gasteiger partial charge is 0.270 e. The molecular weight excluding hydrogens is 308 g/mol. The van der Waals surface area contributed by atoms with Crippen LogP contribution in [-0.2, 0) is 15.6 Å². The Morgan fingerprint density at radius 1 is 1.36 bits per heavy atom. The lowest BCUT2D eigenvalue weighted by Gasteiger charge is -2.07. The Labute approximate surface area is 126 Å². The molecule has 0 unspecified atom stereocenters. The van der Waals surface area contributed by atoms with Crippen molar-refractivity contribution < 1.29 is 13.3 Å². The molecule has 1 heterocycles. The second-order valence-electron chi connectivity index (χ2n) is 5.28. The van der Waals surface area contributed by atoms with Gasteiger partial charge in [0, 0.05) is 18.2 Å². The molecule has 1 aromatic carbocycles. The van der Waals surface area contributed by atoms with E-state index >= 15 is 0 Å². The van der Waals surface area contributed by atoms with Crippen LogP contribution in [0, 0.1) is 17.0 Å². The Morgan fingerprint density at radius 3 is 2.73 bits per heavy atom. The molecule has 22 heavy (non-hydrogen) atoms. The molecule has 1 fully saturated rings. The topological polar surface area (TPSA) is 108 Å². The summed E-state index contributed by atoms with van der Waals surface area (Å²) in [4.78, 5) is 10.1. The van der Waals surface area contributed by atoms with E-state index in [1.165, 1.54) is 18.2 Å². The minimum atomic E-state index is -3.71. The molecule has 1 aromatic heterocycles. The quantitative estimate of drug-likeness (QED) is 0.613. The first-order valence-electron chi connectivity index (χ1n) is 6.76. The molecule has 1 aliphatic carbocycles. The Hall–Kier alpha value is -2.29. The molecule has 0 spiro atoms. The summed E-state index contributed by atoms with van der Waals surface area (Å²) in [6.07, 6.45) is 1.98. The van der Waals surface area contributed by atoms with E-state index in [4.69, 9.17) is 0 Å². The Morgan fingerprint density at radius 2 is 2.09 bits per heavy atom. The molecular formula is C13H14N4O4S. The van der Waals surface area contributed by atoms with Gasteiger partial charge < -0.3 is 4.57 Å². The summed E-state index contributed by atoms with van der Waals surface area (Å²) in [5.74, 6) is 0.754. The number of hydrogen-bond donors (Lipinski definition) is 0. The second-order valence-corrected chi connectivity index (χ2v) is 7.27. The molecule has 0 radical (unpaired) electrons. The first kappa shape index (κ1) is 14.6. The summed E-state index contributed by atoms with van der Waals surface area (Å²) in [6, 6.07) is 5.32. The number of nitro benzene ring substituents is 1. The number of aromatic nitrogens is 3. The van der Waals surface area contributed by atoms with E-state index in [9.17, 15) is 18.5 Å². The molecule has 1 saturated carbocycles. The largest absolute Gasteiger partial charge is 0.311 e. The Balaban J connectivity index is 1.94. The van der Waals surface area contributed by atoms with Crippen LogP contribution in [0.1, 0.15) is 30.5 Å². The minimum Gasteiger partial charge on any atom is -0.311 e. The average molecular weight is 322 g/mol. The van der Waals surface area contributed by atoms with Gasteiger partial charge >= 0.3 is 0 Å². The minimum absolute atomic E-state index is 0.0790. The van der Waals surface area contributed by atoms with Crippen LogP contribution in [-0.4, -0.2) is 28.1 Å². The number of nitro groups is 1. The third-order valence-electron chi connectivity index (χ3n) is 3.56. The van der Waals surface area contributed by atoms with Crippen LogP contribution in [0.3, 0.4) is 0 Å². The highest BCUT2D eigenvalue weighted by atomic mass is 32.2. The van der Waals surface area contributed by atoms with Crippen molar-refractivity contribution in [2.24, 2.45) is 0 Å². The van der Waals surface area contributed by atoms with Crippen molar-refractivity contribution in [3.63, 3.8) is 0 Å². The van der Waals surface area contributed by atoms with Crippen molar-refractivity contribution in [1.82, 2.24) is 14.8 Å². The summed E-state index contributed by atoms with van der Waals surface area (Å²) in [5, 5.41) is 18.7. The molecule has 8 nitrogen and oxygen atoms in total. The van der Waals surface area contributed by atoms with Crippen LogP contribution in [0.5, 0.6) is 0 Å².